The van der Waals surface area contributed by atoms with Crippen LogP contribution in [0, 0.1) is 0 Å². The maximum atomic E-state index is 12.7. The lowest BCUT2D eigenvalue weighted by Gasteiger charge is -2.29. The largest absolute Gasteiger partial charge is 0.416 e. The molecular formula is C19H20ClF3N2. The molecule has 0 amide bonds. The Labute approximate surface area is 150 Å². The zero-order valence-electron chi connectivity index (χ0n) is 13.9. The predicted octanol–water partition coefficient (Wildman–Crippen LogP) is 4.55. The van der Waals surface area contributed by atoms with Crippen LogP contribution in [0.3, 0.4) is 0 Å². The molecule has 2 aromatic carbocycles. The molecule has 1 aliphatic heterocycles. The lowest BCUT2D eigenvalue weighted by molar-refractivity contribution is -0.137. The molecule has 2 nitrogen and oxygen atoms in total. The van der Waals surface area contributed by atoms with Crippen molar-refractivity contribution in [1.82, 2.24) is 10.2 Å². The Morgan fingerprint density at radius 1 is 1.12 bits per heavy atom. The van der Waals surface area contributed by atoms with Crippen LogP contribution in [0.15, 0.2) is 48.5 Å². The standard InChI is InChI=1S/C19H20ClF3N2/c1-25(12-13-5-7-15(8-6-13)19(21,22)23)18-11-24-10-17(18)14-3-2-4-16(20)9-14/h2-9,17-18,24H,10-12H2,1H3/t17-,18?/m1/s1. The zero-order chi connectivity index (χ0) is 18.0. The van der Waals surface area contributed by atoms with Crippen molar-refractivity contribution in [3.05, 3.63) is 70.2 Å². The van der Waals surface area contributed by atoms with Crippen molar-refractivity contribution in [2.24, 2.45) is 0 Å². The minimum atomic E-state index is -4.29. The summed E-state index contributed by atoms with van der Waals surface area (Å²) in [5, 5.41) is 4.12. The summed E-state index contributed by atoms with van der Waals surface area (Å²) in [4.78, 5) is 2.19. The summed E-state index contributed by atoms with van der Waals surface area (Å²) in [7, 11) is 2.01. The van der Waals surface area contributed by atoms with E-state index >= 15 is 0 Å². The molecule has 1 fully saturated rings. The van der Waals surface area contributed by atoms with E-state index in [0.29, 0.717) is 17.5 Å². The molecule has 25 heavy (non-hydrogen) atoms. The van der Waals surface area contributed by atoms with Gasteiger partial charge in [0.2, 0.25) is 0 Å². The van der Waals surface area contributed by atoms with Crippen molar-refractivity contribution in [2.45, 2.75) is 24.7 Å². The van der Waals surface area contributed by atoms with E-state index in [4.69, 9.17) is 11.6 Å². The van der Waals surface area contributed by atoms with Crippen LogP contribution in [0.4, 0.5) is 13.2 Å². The number of alkyl halides is 3. The topological polar surface area (TPSA) is 15.3 Å². The molecule has 1 heterocycles. The first kappa shape index (κ1) is 18.2. The molecule has 0 aromatic heterocycles. The van der Waals surface area contributed by atoms with Crippen LogP contribution in [0.2, 0.25) is 5.02 Å². The summed E-state index contributed by atoms with van der Waals surface area (Å²) >= 11 is 6.11. The molecule has 6 heteroatoms. The first-order chi connectivity index (χ1) is 11.8. The lowest BCUT2D eigenvalue weighted by Crippen LogP contribution is -2.36. The van der Waals surface area contributed by atoms with E-state index in [-0.39, 0.29) is 6.04 Å². The highest BCUT2D eigenvalue weighted by atomic mass is 35.5. The van der Waals surface area contributed by atoms with E-state index in [2.05, 4.69) is 16.3 Å². The zero-order valence-corrected chi connectivity index (χ0v) is 14.6. The first-order valence-corrected chi connectivity index (χ1v) is 8.55. The molecule has 1 saturated heterocycles. The molecule has 2 aromatic rings. The fraction of sp³-hybridized carbons (Fsp3) is 0.368. The van der Waals surface area contributed by atoms with Gasteiger partial charge >= 0.3 is 6.18 Å². The van der Waals surface area contributed by atoms with Crippen molar-refractivity contribution in [3.63, 3.8) is 0 Å². The number of rotatable bonds is 4. The second kappa shape index (κ2) is 7.36. The molecule has 1 aliphatic rings. The second-order valence-electron chi connectivity index (χ2n) is 6.50. The van der Waals surface area contributed by atoms with Crippen LogP contribution in [-0.4, -0.2) is 31.1 Å². The molecule has 0 saturated carbocycles. The van der Waals surface area contributed by atoms with Crippen molar-refractivity contribution < 1.29 is 13.2 Å². The molecule has 0 aliphatic carbocycles. The summed E-state index contributed by atoms with van der Waals surface area (Å²) in [6, 6.07) is 13.5. The van der Waals surface area contributed by atoms with E-state index in [0.717, 1.165) is 30.8 Å². The number of nitrogens with zero attached hydrogens (tertiary/aromatic N) is 1. The Bertz CT molecular complexity index is 715. The molecule has 0 radical (unpaired) electrons. The Morgan fingerprint density at radius 3 is 2.48 bits per heavy atom. The molecule has 0 bridgehead atoms. The van der Waals surface area contributed by atoms with Crippen LogP contribution >= 0.6 is 11.6 Å². The number of hydrogen-bond donors (Lipinski definition) is 1. The summed E-state index contributed by atoms with van der Waals surface area (Å²) in [5.41, 5.74) is 1.44. The third kappa shape index (κ3) is 4.35. The van der Waals surface area contributed by atoms with Gasteiger partial charge in [-0.15, -0.1) is 0 Å². The summed E-state index contributed by atoms with van der Waals surface area (Å²) in [6.07, 6.45) is -4.29. The normalized spacial score (nSPS) is 21.0. The van der Waals surface area contributed by atoms with Gasteiger partial charge < -0.3 is 5.32 Å². The van der Waals surface area contributed by atoms with Crippen molar-refractivity contribution in [2.75, 3.05) is 20.1 Å². The molecule has 134 valence electrons. The van der Waals surface area contributed by atoms with Crippen LogP contribution in [0.1, 0.15) is 22.6 Å². The van der Waals surface area contributed by atoms with E-state index in [1.54, 1.807) is 12.1 Å². The van der Waals surface area contributed by atoms with Crippen molar-refractivity contribution >= 4 is 11.6 Å². The van der Waals surface area contributed by atoms with Gasteiger partial charge in [0.25, 0.3) is 0 Å². The Hall–Kier alpha value is -1.56. The lowest BCUT2D eigenvalue weighted by atomic mass is 9.93. The van der Waals surface area contributed by atoms with Gasteiger partial charge in [-0.2, -0.15) is 13.2 Å². The quantitative estimate of drug-likeness (QED) is 0.852. The third-order valence-corrected chi connectivity index (χ3v) is 4.97. The van der Waals surface area contributed by atoms with Gasteiger partial charge in [0.1, 0.15) is 0 Å². The van der Waals surface area contributed by atoms with E-state index in [1.165, 1.54) is 5.56 Å². The second-order valence-corrected chi connectivity index (χ2v) is 6.93. The number of benzene rings is 2. The highest BCUT2D eigenvalue weighted by molar-refractivity contribution is 6.30. The van der Waals surface area contributed by atoms with Gasteiger partial charge in [0.15, 0.2) is 0 Å². The van der Waals surface area contributed by atoms with Crippen LogP contribution in [-0.2, 0) is 12.7 Å². The molecule has 1 N–H and O–H groups in total. The molecule has 2 atom stereocenters. The van der Waals surface area contributed by atoms with Crippen LogP contribution < -0.4 is 5.32 Å². The first-order valence-electron chi connectivity index (χ1n) is 8.17. The highest BCUT2D eigenvalue weighted by Crippen LogP contribution is 2.31. The van der Waals surface area contributed by atoms with Crippen LogP contribution in [0.25, 0.3) is 0 Å². The van der Waals surface area contributed by atoms with Gasteiger partial charge in [-0.05, 0) is 42.4 Å². The van der Waals surface area contributed by atoms with Gasteiger partial charge in [-0.25, -0.2) is 0 Å². The Balaban J connectivity index is 1.70. The Kier molecular flexibility index (Phi) is 5.37. The minimum Gasteiger partial charge on any atom is -0.314 e. The summed E-state index contributed by atoms with van der Waals surface area (Å²) in [5.74, 6) is 0.304. The number of halogens is 4. The van der Waals surface area contributed by atoms with E-state index < -0.39 is 11.7 Å². The summed E-state index contributed by atoms with van der Waals surface area (Å²) < 4.78 is 38.0. The average Bonchev–Trinajstić information content (AvgIpc) is 3.04. The fourth-order valence-electron chi connectivity index (χ4n) is 3.41. The van der Waals surface area contributed by atoms with Crippen molar-refractivity contribution in [3.8, 4) is 0 Å². The molecule has 1 unspecified atom stereocenters. The average molecular weight is 369 g/mol. The smallest absolute Gasteiger partial charge is 0.314 e. The molecule has 3 rings (SSSR count). The van der Waals surface area contributed by atoms with Crippen molar-refractivity contribution in [1.29, 1.82) is 0 Å². The maximum absolute atomic E-state index is 12.7. The number of hydrogen-bond acceptors (Lipinski definition) is 2. The SMILES string of the molecule is CN(Cc1ccc(C(F)(F)F)cc1)C1CNC[C@@H]1c1cccc(Cl)c1. The Morgan fingerprint density at radius 2 is 1.84 bits per heavy atom. The molecular weight excluding hydrogens is 349 g/mol. The summed E-state index contributed by atoms with van der Waals surface area (Å²) in [6.45, 7) is 2.30. The van der Waals surface area contributed by atoms with Gasteiger partial charge in [0, 0.05) is 36.6 Å². The predicted molar refractivity (Wildman–Crippen MR) is 93.8 cm³/mol. The van der Waals surface area contributed by atoms with Gasteiger partial charge in [0.05, 0.1) is 5.56 Å². The minimum absolute atomic E-state index is 0.265. The van der Waals surface area contributed by atoms with E-state index in [1.807, 2.05) is 25.2 Å². The van der Waals surface area contributed by atoms with Gasteiger partial charge in [-0.1, -0.05) is 35.9 Å². The number of likely N-dealkylation sites (N-methyl/N-ethyl adjacent to an activating group) is 1. The highest BCUT2D eigenvalue weighted by Gasteiger charge is 2.32. The number of nitrogens with one attached hydrogen (secondary N) is 1. The molecule has 0 spiro atoms. The third-order valence-electron chi connectivity index (χ3n) is 4.74. The van der Waals surface area contributed by atoms with Gasteiger partial charge in [-0.3, -0.25) is 4.90 Å². The maximum Gasteiger partial charge on any atom is 0.416 e. The van der Waals surface area contributed by atoms with Crippen LogP contribution in [0.5, 0.6) is 0 Å². The fourth-order valence-corrected chi connectivity index (χ4v) is 3.61. The monoisotopic (exact) mass is 368 g/mol. The van der Waals surface area contributed by atoms with E-state index in [9.17, 15) is 13.2 Å².